The first kappa shape index (κ1) is 57.7. The predicted octanol–water partition coefficient (Wildman–Crippen LogP) is 23.7. The molecule has 0 unspecified atom stereocenters. The number of imidazole rings is 4. The maximum Gasteiger partial charge on any atom is 0.220 e. The topological polar surface area (TPSA) is 68.2 Å². The zero-order valence-corrected chi connectivity index (χ0v) is 54.2. The van der Waals surface area contributed by atoms with E-state index in [4.69, 9.17) is 9.97 Å². The quantitative estimate of drug-likeness (QED) is 0.122. The molecule has 0 atom stereocenters. The van der Waals surface area contributed by atoms with Gasteiger partial charge in [0.15, 0.2) is 0 Å². The molecule has 0 aliphatic rings. The van der Waals surface area contributed by atoms with Crippen molar-refractivity contribution in [2.24, 2.45) is 0 Å². The Hall–Kier alpha value is -13.7. The van der Waals surface area contributed by atoms with Gasteiger partial charge < -0.3 is 0 Å². The lowest BCUT2D eigenvalue weighted by Gasteiger charge is -2.25. The molecule has 19 aromatic rings. The van der Waals surface area contributed by atoms with Gasteiger partial charge in [-0.05, 0) is 208 Å². The Bertz CT molecular complexity index is 6330. The number of aromatic nitrogens is 6. The van der Waals surface area contributed by atoms with Gasteiger partial charge in [0.25, 0.3) is 0 Å². The Kier molecular flexibility index (Phi) is 13.8. The van der Waals surface area contributed by atoms with E-state index < -0.39 is 0 Å². The summed E-state index contributed by atoms with van der Waals surface area (Å²) in [6, 6.07) is 130. The minimum absolute atomic E-state index is 0.524. The van der Waals surface area contributed by atoms with E-state index in [9.17, 15) is 5.26 Å². The minimum Gasteiger partial charge on any atom is -0.278 e. The molecule has 0 N–H and O–H groups in total. The molecule has 7 heteroatoms. The Morgan fingerprint density at radius 3 is 1.16 bits per heavy atom. The third-order valence-electron chi connectivity index (χ3n) is 19.8. The number of hydrogen-bond acceptors (Lipinski definition) is 3. The molecular formula is C93H59N7. The van der Waals surface area contributed by atoms with Gasteiger partial charge in [0, 0.05) is 5.69 Å². The molecule has 466 valence electrons. The van der Waals surface area contributed by atoms with E-state index in [1.165, 1.54) is 0 Å². The maximum atomic E-state index is 11.6. The van der Waals surface area contributed by atoms with Crippen molar-refractivity contribution < 1.29 is 0 Å². The van der Waals surface area contributed by atoms with Crippen LogP contribution in [0.25, 0.3) is 178 Å². The fourth-order valence-corrected chi connectivity index (χ4v) is 15.3. The van der Waals surface area contributed by atoms with Crippen molar-refractivity contribution in [1.29, 1.82) is 5.26 Å². The van der Waals surface area contributed by atoms with E-state index in [1.807, 2.05) is 0 Å². The molecule has 0 radical (unpaired) electrons. The summed E-state index contributed by atoms with van der Waals surface area (Å²) in [7, 11) is 0. The van der Waals surface area contributed by atoms with Crippen LogP contribution in [0.15, 0.2) is 358 Å². The van der Waals surface area contributed by atoms with E-state index in [0.29, 0.717) is 11.3 Å². The second-order valence-corrected chi connectivity index (χ2v) is 25.5. The number of nitrogens with zero attached hydrogens (tertiary/aromatic N) is 7. The maximum absolute atomic E-state index is 11.6. The molecule has 0 aliphatic heterocycles. The van der Waals surface area contributed by atoms with E-state index in [2.05, 4.69) is 382 Å². The van der Waals surface area contributed by atoms with Gasteiger partial charge in [-0.3, -0.25) is 17.9 Å². The summed E-state index contributed by atoms with van der Waals surface area (Å²) >= 11 is 0. The lowest BCUT2D eigenvalue weighted by molar-refractivity contribution is 1.10. The molecule has 4 aromatic heterocycles. The third-order valence-corrected chi connectivity index (χ3v) is 19.8. The molecule has 0 aliphatic carbocycles. The fraction of sp³-hybridized carbons (Fsp3) is 0. The van der Waals surface area contributed by atoms with Crippen LogP contribution >= 0.6 is 0 Å². The molecule has 0 spiro atoms. The van der Waals surface area contributed by atoms with Gasteiger partial charge in [0.2, 0.25) is 11.6 Å². The molecule has 15 aromatic carbocycles. The average Bonchev–Trinajstić information content (AvgIpc) is 1.41. The monoisotopic (exact) mass is 1270 g/mol. The second kappa shape index (κ2) is 23.9. The molecule has 0 amide bonds. The van der Waals surface area contributed by atoms with Crippen LogP contribution in [0.1, 0.15) is 5.56 Å². The number of nitriles is 1. The van der Waals surface area contributed by atoms with Gasteiger partial charge in [0.1, 0.15) is 6.07 Å². The van der Waals surface area contributed by atoms with Crippen LogP contribution < -0.4 is 0 Å². The van der Waals surface area contributed by atoms with Crippen LogP contribution in [-0.2, 0) is 0 Å². The summed E-state index contributed by atoms with van der Waals surface area (Å²) in [5.74, 6) is 1.59. The van der Waals surface area contributed by atoms with E-state index in [0.717, 1.165) is 173 Å². The summed E-state index contributed by atoms with van der Waals surface area (Å²) in [6.45, 7) is 0. The SMILES string of the molecule is N#Cc1cc(-c2c(-c3ccccc3)c(-c3ccccc3)cc(-c3ccccc3)c2-c2ccccc2)ccc1-n1c2ccccc2n2c3cc(-c4cccc(-c5cc(-c6cccc(-n7c8ccccc8n8c9ccccc9nc78)c6)c(-c6ccccc6)cc5-c5ccccc5)c4)ccc3nc12. The summed E-state index contributed by atoms with van der Waals surface area (Å²) in [6.07, 6.45) is 0. The van der Waals surface area contributed by atoms with Gasteiger partial charge in [-0.15, -0.1) is 0 Å². The highest BCUT2D eigenvalue weighted by Gasteiger charge is 2.27. The van der Waals surface area contributed by atoms with Crippen LogP contribution in [0.5, 0.6) is 0 Å². The first-order chi connectivity index (χ1) is 49.6. The van der Waals surface area contributed by atoms with Crippen molar-refractivity contribution in [1.82, 2.24) is 27.9 Å². The molecule has 0 bridgehead atoms. The van der Waals surface area contributed by atoms with Crippen LogP contribution in [0, 0.1) is 11.3 Å². The highest BCUT2D eigenvalue weighted by atomic mass is 15.2. The highest BCUT2D eigenvalue weighted by molar-refractivity contribution is 6.08. The predicted molar refractivity (Wildman–Crippen MR) is 412 cm³/mol. The minimum atomic E-state index is 0.524. The normalized spacial score (nSPS) is 11.6. The van der Waals surface area contributed by atoms with Gasteiger partial charge in [0.05, 0.1) is 55.4 Å². The Morgan fingerprint density at radius 1 is 0.230 bits per heavy atom. The fourth-order valence-electron chi connectivity index (χ4n) is 15.3. The van der Waals surface area contributed by atoms with Gasteiger partial charge in [-0.1, -0.05) is 261 Å². The molecule has 0 fully saturated rings. The second-order valence-electron chi connectivity index (χ2n) is 25.5. The molecular weight excluding hydrogens is 1220 g/mol. The highest BCUT2D eigenvalue weighted by Crippen LogP contribution is 2.52. The van der Waals surface area contributed by atoms with Crippen molar-refractivity contribution >= 4 is 55.7 Å². The van der Waals surface area contributed by atoms with Crippen molar-refractivity contribution in [3.8, 4) is 129 Å². The summed E-state index contributed by atoms with van der Waals surface area (Å²) in [5.41, 5.74) is 32.1. The molecule has 0 saturated heterocycles. The lowest BCUT2D eigenvalue weighted by atomic mass is 9.78. The number of hydrogen-bond donors (Lipinski definition) is 0. The van der Waals surface area contributed by atoms with Crippen LogP contribution in [0.4, 0.5) is 0 Å². The standard InChI is InChI=1S/C93H59N7/c94-60-72-54-71(91-89(65-35-15-5-16-36-65)78(63-31-11-3-12-32-63)59-79(64-33-13-4-14-34-64)90(91)66-37-17-6-18-38-66)50-52-82(72)98-86-47-23-24-48-87(86)100-88-56-68(49-51-81(88)96-93(98)100)67-39-25-40-69(53-67)76-58-77(75(62-29-9-2-10-30-62)57-74(76)61-27-7-1-8-28-61)70-41-26-42-73(55-70)97-84-45-21-22-46-85(84)99-83-44-20-19-43-80(83)95-92(97)99/h1-59H. The number of rotatable bonds is 12. The molecule has 100 heavy (non-hydrogen) atoms. The smallest absolute Gasteiger partial charge is 0.220 e. The number of fused-ring (bicyclic) bond motifs is 10. The Labute approximate surface area is 577 Å². The van der Waals surface area contributed by atoms with Crippen molar-refractivity contribution in [2.75, 3.05) is 0 Å². The van der Waals surface area contributed by atoms with Crippen LogP contribution in [0.3, 0.4) is 0 Å². The Morgan fingerprint density at radius 2 is 0.610 bits per heavy atom. The van der Waals surface area contributed by atoms with Crippen molar-refractivity contribution in [3.63, 3.8) is 0 Å². The van der Waals surface area contributed by atoms with Gasteiger partial charge in [-0.25, -0.2) is 9.97 Å². The van der Waals surface area contributed by atoms with Gasteiger partial charge >= 0.3 is 0 Å². The third kappa shape index (κ3) is 9.57. The van der Waals surface area contributed by atoms with Crippen LogP contribution in [-0.4, -0.2) is 27.9 Å². The van der Waals surface area contributed by atoms with E-state index >= 15 is 0 Å². The zero-order valence-electron chi connectivity index (χ0n) is 54.2. The zero-order chi connectivity index (χ0) is 66.2. The molecule has 7 nitrogen and oxygen atoms in total. The molecule has 19 rings (SSSR count). The van der Waals surface area contributed by atoms with Crippen molar-refractivity contribution in [2.45, 2.75) is 0 Å². The number of para-hydroxylation sites is 6. The Balaban J connectivity index is 0.764. The lowest BCUT2D eigenvalue weighted by Crippen LogP contribution is -2.01. The van der Waals surface area contributed by atoms with E-state index in [1.54, 1.807) is 0 Å². The first-order valence-electron chi connectivity index (χ1n) is 33.8. The van der Waals surface area contributed by atoms with Crippen LogP contribution in [0.2, 0.25) is 0 Å². The summed E-state index contributed by atoms with van der Waals surface area (Å²) < 4.78 is 9.00. The molecule has 4 heterocycles. The molecule has 0 saturated carbocycles. The summed E-state index contributed by atoms with van der Waals surface area (Å²) in [5, 5.41) is 11.6. The first-order valence-corrected chi connectivity index (χ1v) is 33.8. The number of benzene rings is 15. The van der Waals surface area contributed by atoms with E-state index in [-0.39, 0.29) is 0 Å². The van der Waals surface area contributed by atoms with Crippen molar-refractivity contribution in [3.05, 3.63) is 363 Å². The largest absolute Gasteiger partial charge is 0.278 e. The van der Waals surface area contributed by atoms with Gasteiger partial charge in [-0.2, -0.15) is 5.26 Å². The average molecular weight is 1270 g/mol. The summed E-state index contributed by atoms with van der Waals surface area (Å²) in [4.78, 5) is 10.7.